The molecule has 5 rings (SSSR count). The van der Waals surface area contributed by atoms with E-state index >= 15 is 0 Å². The third-order valence-corrected chi connectivity index (χ3v) is 7.96. The Balaban J connectivity index is 1.39. The smallest absolute Gasteiger partial charge is 0.258 e. The first-order valence-electron chi connectivity index (χ1n) is 11.2. The van der Waals surface area contributed by atoms with Crippen LogP contribution in [0.15, 0.2) is 48.8 Å². The van der Waals surface area contributed by atoms with Crippen LogP contribution in [0.25, 0.3) is 5.57 Å². The van der Waals surface area contributed by atoms with E-state index in [2.05, 4.69) is 36.2 Å². The van der Waals surface area contributed by atoms with Gasteiger partial charge in [-0.15, -0.1) is 0 Å². The zero-order chi connectivity index (χ0) is 20.9. The Bertz CT molecular complexity index is 999. The van der Waals surface area contributed by atoms with Crippen molar-refractivity contribution in [2.24, 2.45) is 23.0 Å². The molecule has 0 radical (unpaired) electrons. The summed E-state index contributed by atoms with van der Waals surface area (Å²) in [5.41, 5.74) is 11.3. The molecule has 4 nitrogen and oxygen atoms in total. The van der Waals surface area contributed by atoms with E-state index in [1.54, 1.807) is 6.92 Å². The van der Waals surface area contributed by atoms with Gasteiger partial charge in [0.15, 0.2) is 6.10 Å². The Kier molecular flexibility index (Phi) is 4.68. The SMILES string of the molecule is CC(Oc1ccc2c(c1)CC[C@@H]1[C@@H]2CC[C@]2(C)C(c3cccnc3)=CC[C@@H]12)C(N)=O. The number of rotatable bonds is 4. The highest BCUT2D eigenvalue weighted by molar-refractivity contribution is 5.78. The molecule has 0 saturated heterocycles. The van der Waals surface area contributed by atoms with Crippen molar-refractivity contribution in [3.63, 3.8) is 0 Å². The molecule has 2 aromatic rings. The molecule has 1 aromatic heterocycles. The van der Waals surface area contributed by atoms with Gasteiger partial charge >= 0.3 is 0 Å². The van der Waals surface area contributed by atoms with E-state index in [-0.39, 0.29) is 5.41 Å². The van der Waals surface area contributed by atoms with Crippen molar-refractivity contribution in [3.8, 4) is 5.75 Å². The molecule has 4 heteroatoms. The van der Waals surface area contributed by atoms with Crippen LogP contribution in [0.2, 0.25) is 0 Å². The molecule has 3 aliphatic rings. The number of nitrogens with two attached hydrogens (primary N) is 1. The fourth-order valence-electron chi connectivity index (χ4n) is 6.43. The summed E-state index contributed by atoms with van der Waals surface area (Å²) in [6.07, 6.45) is 11.7. The lowest BCUT2D eigenvalue weighted by Gasteiger charge is -2.50. The van der Waals surface area contributed by atoms with Crippen molar-refractivity contribution in [2.75, 3.05) is 0 Å². The summed E-state index contributed by atoms with van der Waals surface area (Å²) in [6.45, 7) is 4.18. The van der Waals surface area contributed by atoms with E-state index in [1.807, 2.05) is 24.5 Å². The molecule has 0 bridgehead atoms. The van der Waals surface area contributed by atoms with Crippen LogP contribution in [-0.4, -0.2) is 17.0 Å². The number of aryl methyl sites for hydroxylation is 1. The van der Waals surface area contributed by atoms with Crippen molar-refractivity contribution >= 4 is 11.5 Å². The van der Waals surface area contributed by atoms with E-state index in [0.717, 1.165) is 18.1 Å². The molecule has 156 valence electrons. The number of aromatic nitrogens is 1. The number of carbonyl (C=O) groups is 1. The lowest BCUT2D eigenvalue weighted by atomic mass is 9.54. The van der Waals surface area contributed by atoms with Crippen LogP contribution in [0.5, 0.6) is 5.75 Å². The third-order valence-electron chi connectivity index (χ3n) is 7.96. The highest BCUT2D eigenvalue weighted by Crippen LogP contribution is 2.63. The van der Waals surface area contributed by atoms with Crippen LogP contribution in [0.3, 0.4) is 0 Å². The van der Waals surface area contributed by atoms with E-state index in [0.29, 0.717) is 11.8 Å². The number of ether oxygens (including phenoxy) is 1. The van der Waals surface area contributed by atoms with Crippen molar-refractivity contribution in [2.45, 2.75) is 58.0 Å². The summed E-state index contributed by atoms with van der Waals surface area (Å²) in [4.78, 5) is 15.7. The van der Waals surface area contributed by atoms with Crippen molar-refractivity contribution in [1.29, 1.82) is 0 Å². The van der Waals surface area contributed by atoms with Gasteiger partial charge in [-0.1, -0.05) is 25.1 Å². The minimum absolute atomic E-state index is 0.252. The summed E-state index contributed by atoms with van der Waals surface area (Å²) in [6, 6.07) is 10.6. The molecule has 1 saturated carbocycles. The van der Waals surface area contributed by atoms with Crippen LogP contribution < -0.4 is 10.5 Å². The van der Waals surface area contributed by atoms with Gasteiger partial charge in [0, 0.05) is 12.4 Å². The molecule has 1 heterocycles. The fourth-order valence-corrected chi connectivity index (χ4v) is 6.43. The molecule has 1 unspecified atom stereocenters. The Hall–Kier alpha value is -2.62. The van der Waals surface area contributed by atoms with Crippen LogP contribution in [-0.2, 0) is 11.2 Å². The summed E-state index contributed by atoms with van der Waals surface area (Å²) in [5, 5.41) is 0. The minimum atomic E-state index is -0.606. The molecule has 1 aromatic carbocycles. The van der Waals surface area contributed by atoms with Gasteiger partial charge in [0.2, 0.25) is 0 Å². The molecule has 0 aliphatic heterocycles. The van der Waals surface area contributed by atoms with Crippen LogP contribution >= 0.6 is 0 Å². The molecular formula is C26H30N2O2. The lowest BCUT2D eigenvalue weighted by Crippen LogP contribution is -2.40. The summed E-state index contributed by atoms with van der Waals surface area (Å²) < 4.78 is 5.74. The average molecular weight is 403 g/mol. The second-order valence-corrected chi connectivity index (χ2v) is 9.49. The highest BCUT2D eigenvalue weighted by Gasteiger charge is 2.51. The largest absolute Gasteiger partial charge is 0.481 e. The second-order valence-electron chi connectivity index (χ2n) is 9.49. The molecule has 1 amide bonds. The number of pyridine rings is 1. The molecule has 30 heavy (non-hydrogen) atoms. The minimum Gasteiger partial charge on any atom is -0.481 e. The van der Waals surface area contributed by atoms with Gasteiger partial charge in [0.25, 0.3) is 5.91 Å². The predicted octanol–water partition coefficient (Wildman–Crippen LogP) is 4.88. The maximum Gasteiger partial charge on any atom is 0.258 e. The van der Waals surface area contributed by atoms with Gasteiger partial charge in [-0.25, -0.2) is 0 Å². The van der Waals surface area contributed by atoms with Gasteiger partial charge in [0.05, 0.1) is 0 Å². The zero-order valence-corrected chi connectivity index (χ0v) is 17.8. The quantitative estimate of drug-likeness (QED) is 0.792. The number of hydrogen-bond donors (Lipinski definition) is 1. The fraction of sp³-hybridized carbons (Fsp3) is 0.462. The number of benzene rings is 1. The Morgan fingerprint density at radius 3 is 2.93 bits per heavy atom. The van der Waals surface area contributed by atoms with Crippen molar-refractivity contribution < 1.29 is 9.53 Å². The normalized spacial score (nSPS) is 30.5. The second kappa shape index (κ2) is 7.26. The third kappa shape index (κ3) is 3.05. The topological polar surface area (TPSA) is 65.2 Å². The molecule has 1 fully saturated rings. The number of nitrogens with zero attached hydrogens (tertiary/aromatic N) is 1. The maximum absolute atomic E-state index is 11.3. The number of fused-ring (bicyclic) bond motifs is 5. The van der Waals surface area contributed by atoms with Gasteiger partial charge in [-0.3, -0.25) is 9.78 Å². The predicted molar refractivity (Wildman–Crippen MR) is 118 cm³/mol. The number of carbonyl (C=O) groups excluding carboxylic acids is 1. The monoisotopic (exact) mass is 402 g/mol. The Labute approximate surface area is 178 Å². The van der Waals surface area contributed by atoms with Gasteiger partial charge in [-0.05, 0) is 103 Å². The van der Waals surface area contributed by atoms with E-state index in [1.165, 1.54) is 47.9 Å². The van der Waals surface area contributed by atoms with Crippen molar-refractivity contribution in [1.82, 2.24) is 4.98 Å². The first kappa shape index (κ1) is 19.3. The van der Waals surface area contributed by atoms with Gasteiger partial charge in [-0.2, -0.15) is 0 Å². The average Bonchev–Trinajstić information content (AvgIpc) is 3.11. The Morgan fingerprint density at radius 1 is 1.30 bits per heavy atom. The van der Waals surface area contributed by atoms with Crippen LogP contribution in [0.1, 0.15) is 62.1 Å². The lowest BCUT2D eigenvalue weighted by molar-refractivity contribution is -0.123. The zero-order valence-electron chi connectivity index (χ0n) is 17.8. The highest BCUT2D eigenvalue weighted by atomic mass is 16.5. The van der Waals surface area contributed by atoms with Crippen molar-refractivity contribution in [3.05, 3.63) is 65.5 Å². The molecular weight excluding hydrogens is 372 g/mol. The summed E-state index contributed by atoms with van der Waals surface area (Å²) in [5.74, 6) is 2.36. The van der Waals surface area contributed by atoms with Crippen LogP contribution in [0.4, 0.5) is 0 Å². The molecule has 0 spiro atoms. The van der Waals surface area contributed by atoms with E-state index in [9.17, 15) is 4.79 Å². The number of primary amides is 1. The maximum atomic E-state index is 11.3. The number of hydrogen-bond acceptors (Lipinski definition) is 3. The van der Waals surface area contributed by atoms with E-state index in [4.69, 9.17) is 10.5 Å². The first-order valence-corrected chi connectivity index (χ1v) is 11.2. The van der Waals surface area contributed by atoms with Gasteiger partial charge in [0.1, 0.15) is 5.75 Å². The summed E-state index contributed by atoms with van der Waals surface area (Å²) >= 11 is 0. The molecule has 2 N–H and O–H groups in total. The number of amides is 1. The molecule has 3 aliphatic carbocycles. The van der Waals surface area contributed by atoms with E-state index < -0.39 is 12.0 Å². The number of allylic oxidation sites excluding steroid dienone is 2. The van der Waals surface area contributed by atoms with Gasteiger partial charge < -0.3 is 10.5 Å². The Morgan fingerprint density at radius 2 is 2.17 bits per heavy atom. The van der Waals surface area contributed by atoms with Crippen LogP contribution in [0, 0.1) is 17.3 Å². The summed E-state index contributed by atoms with van der Waals surface area (Å²) in [7, 11) is 0. The first-order chi connectivity index (χ1) is 14.5. The standard InChI is InChI=1S/C26H30N2O2/c1-16(25(27)29)30-19-6-8-20-17(14-19)5-7-22-21(20)11-12-26(2)23(9-10-24(22)26)18-4-3-13-28-15-18/h3-4,6,8-9,13-16,21-22,24H,5,7,10-12H2,1-2H3,(H2,27,29)/t16?,21-,22-,24+,26-/m1/s1. The molecule has 5 atom stereocenters.